The van der Waals surface area contributed by atoms with Crippen molar-refractivity contribution in [2.75, 3.05) is 10.6 Å². The topological polar surface area (TPSA) is 93.1 Å². The number of rotatable bonds is 5. The smallest absolute Gasteiger partial charge is 0.278 e. The van der Waals surface area contributed by atoms with Gasteiger partial charge in [-0.3, -0.25) is 19.0 Å². The summed E-state index contributed by atoms with van der Waals surface area (Å²) in [7, 11) is 0. The third-order valence-electron chi connectivity index (χ3n) is 5.44. The molecule has 4 aromatic rings. The molecule has 0 spiro atoms. The highest BCUT2D eigenvalue weighted by Gasteiger charge is 2.18. The first-order chi connectivity index (χ1) is 16.2. The zero-order valence-corrected chi connectivity index (χ0v) is 19.7. The van der Waals surface area contributed by atoms with E-state index in [0.29, 0.717) is 33.0 Å². The normalized spacial score (nSPS) is 10.8. The van der Waals surface area contributed by atoms with E-state index in [-0.39, 0.29) is 24.1 Å². The Morgan fingerprint density at radius 3 is 2.50 bits per heavy atom. The molecule has 0 aliphatic rings. The summed E-state index contributed by atoms with van der Waals surface area (Å²) < 4.78 is 1.40. The van der Waals surface area contributed by atoms with E-state index in [1.165, 1.54) is 11.5 Å². The maximum Gasteiger partial charge on any atom is 0.278 e. The third kappa shape index (κ3) is 4.70. The number of nitrogens with one attached hydrogen (secondary N) is 2. The number of aromatic nitrogens is 2. The molecule has 1 heterocycles. The second-order valence-corrected chi connectivity index (χ2v) is 8.44. The summed E-state index contributed by atoms with van der Waals surface area (Å²) in [6.07, 6.45) is 0. The summed E-state index contributed by atoms with van der Waals surface area (Å²) in [5.74, 6) is -0.636. The second-order valence-electron chi connectivity index (χ2n) is 8.03. The van der Waals surface area contributed by atoms with Crippen molar-refractivity contribution in [2.24, 2.45) is 0 Å². The van der Waals surface area contributed by atoms with Crippen LogP contribution in [0.4, 0.5) is 11.4 Å². The highest BCUT2D eigenvalue weighted by atomic mass is 35.5. The number of nitrogens with zero attached hydrogens (tertiary/aromatic N) is 2. The molecule has 7 nitrogen and oxygen atoms in total. The van der Waals surface area contributed by atoms with Crippen molar-refractivity contribution in [3.63, 3.8) is 0 Å². The quantitative estimate of drug-likeness (QED) is 0.429. The average molecular weight is 475 g/mol. The predicted molar refractivity (Wildman–Crippen MR) is 135 cm³/mol. The van der Waals surface area contributed by atoms with Crippen molar-refractivity contribution >= 4 is 45.8 Å². The largest absolute Gasteiger partial charge is 0.326 e. The van der Waals surface area contributed by atoms with Crippen LogP contribution in [-0.2, 0) is 16.1 Å². The average Bonchev–Trinajstić information content (AvgIpc) is 2.79. The monoisotopic (exact) mass is 474 g/mol. The lowest BCUT2D eigenvalue weighted by atomic mass is 10.1. The molecule has 172 valence electrons. The van der Waals surface area contributed by atoms with Crippen molar-refractivity contribution in [3.05, 3.63) is 87.2 Å². The molecule has 0 radical (unpaired) electrons. The molecule has 0 bridgehead atoms. The van der Waals surface area contributed by atoms with Gasteiger partial charge in [0, 0.05) is 23.2 Å². The molecule has 1 aromatic heterocycles. The lowest BCUT2D eigenvalue weighted by Gasteiger charge is -2.15. The fourth-order valence-corrected chi connectivity index (χ4v) is 3.93. The number of aryl methyl sites for hydroxylation is 1. The fourth-order valence-electron chi connectivity index (χ4n) is 3.75. The van der Waals surface area contributed by atoms with Crippen LogP contribution in [0.1, 0.15) is 18.1 Å². The van der Waals surface area contributed by atoms with Crippen molar-refractivity contribution in [1.29, 1.82) is 0 Å². The van der Waals surface area contributed by atoms with Gasteiger partial charge in [-0.1, -0.05) is 41.4 Å². The molecule has 0 saturated carbocycles. The van der Waals surface area contributed by atoms with Gasteiger partial charge >= 0.3 is 0 Å². The summed E-state index contributed by atoms with van der Waals surface area (Å²) in [6.45, 7) is 4.88. The Kier molecular flexibility index (Phi) is 6.47. The van der Waals surface area contributed by atoms with Gasteiger partial charge in [-0.05, 0) is 55.8 Å². The number of anilines is 2. The van der Waals surface area contributed by atoms with E-state index in [0.717, 1.165) is 11.1 Å². The highest BCUT2D eigenvalue weighted by molar-refractivity contribution is 6.31. The van der Waals surface area contributed by atoms with E-state index in [1.807, 2.05) is 26.0 Å². The number of fused-ring (bicyclic) bond motifs is 1. The van der Waals surface area contributed by atoms with Gasteiger partial charge in [-0.25, -0.2) is 4.98 Å². The Morgan fingerprint density at radius 1 is 0.971 bits per heavy atom. The molecule has 2 amide bonds. The number of hydrogen-bond acceptors (Lipinski definition) is 4. The first-order valence-electron chi connectivity index (χ1n) is 10.7. The van der Waals surface area contributed by atoms with Gasteiger partial charge in [-0.2, -0.15) is 0 Å². The Hall–Kier alpha value is -3.97. The molecular formula is C26H23ClN4O3. The van der Waals surface area contributed by atoms with Gasteiger partial charge in [0.1, 0.15) is 12.2 Å². The van der Waals surface area contributed by atoms with Crippen molar-refractivity contribution in [2.45, 2.75) is 27.3 Å². The fraction of sp³-hybridized carbons (Fsp3) is 0.154. The molecule has 0 aliphatic heterocycles. The minimum absolute atomic E-state index is 0.151. The minimum Gasteiger partial charge on any atom is -0.326 e. The zero-order valence-electron chi connectivity index (χ0n) is 19.0. The van der Waals surface area contributed by atoms with E-state index in [1.54, 1.807) is 48.5 Å². The van der Waals surface area contributed by atoms with Crippen LogP contribution in [0.3, 0.4) is 0 Å². The molecule has 2 N–H and O–H groups in total. The van der Waals surface area contributed by atoms with Crippen LogP contribution >= 0.6 is 11.6 Å². The van der Waals surface area contributed by atoms with E-state index >= 15 is 0 Å². The van der Waals surface area contributed by atoms with E-state index in [9.17, 15) is 14.4 Å². The van der Waals surface area contributed by atoms with Crippen LogP contribution in [0.2, 0.25) is 5.02 Å². The molecule has 0 fully saturated rings. The van der Waals surface area contributed by atoms with Crippen LogP contribution in [0.25, 0.3) is 22.3 Å². The Labute approximate surface area is 201 Å². The molecule has 4 rings (SSSR count). The van der Waals surface area contributed by atoms with Crippen molar-refractivity contribution in [3.8, 4) is 11.3 Å². The number of carbonyl (C=O) groups is 2. The minimum atomic E-state index is -0.436. The van der Waals surface area contributed by atoms with Gasteiger partial charge in [0.15, 0.2) is 0 Å². The van der Waals surface area contributed by atoms with Gasteiger partial charge in [0.2, 0.25) is 11.8 Å². The molecule has 0 aliphatic carbocycles. The van der Waals surface area contributed by atoms with Gasteiger partial charge in [0.05, 0.1) is 16.7 Å². The van der Waals surface area contributed by atoms with E-state index < -0.39 is 5.56 Å². The Bertz CT molecular complexity index is 1490. The van der Waals surface area contributed by atoms with Gasteiger partial charge < -0.3 is 10.6 Å². The Morgan fingerprint density at radius 2 is 1.74 bits per heavy atom. The summed E-state index contributed by atoms with van der Waals surface area (Å²) in [6, 6.07) is 17.7. The second kappa shape index (κ2) is 9.49. The predicted octanol–water partition coefficient (Wildman–Crippen LogP) is 4.93. The number of carbonyl (C=O) groups excluding carboxylic acids is 2. The molecule has 0 atom stereocenters. The van der Waals surface area contributed by atoms with Crippen LogP contribution in [0, 0.1) is 13.8 Å². The SMILES string of the molecule is CC(=O)Nc1ccc(C)cc1-c1nc2ccccc2n(CC(=O)Nc2cccc(Cl)c2C)c1=O. The summed E-state index contributed by atoms with van der Waals surface area (Å²) in [5, 5.41) is 6.14. The number of para-hydroxylation sites is 2. The molecule has 3 aromatic carbocycles. The standard InChI is InChI=1S/C26H23ClN4O3/c1-15-11-12-21(28-17(3)32)18(13-15)25-26(34)31(23-10-5-4-8-22(23)30-25)14-24(33)29-20-9-6-7-19(27)16(20)2/h4-13H,14H2,1-3H3,(H,28,32)(H,29,33). The molecular weight excluding hydrogens is 452 g/mol. The molecule has 0 unspecified atom stereocenters. The number of hydrogen-bond donors (Lipinski definition) is 2. The summed E-state index contributed by atoms with van der Waals surface area (Å²) in [5.41, 5.74) is 3.99. The van der Waals surface area contributed by atoms with E-state index in [4.69, 9.17) is 11.6 Å². The highest BCUT2D eigenvalue weighted by Crippen LogP contribution is 2.27. The van der Waals surface area contributed by atoms with Gasteiger partial charge in [0.25, 0.3) is 5.56 Å². The maximum atomic E-state index is 13.6. The molecule has 0 saturated heterocycles. The summed E-state index contributed by atoms with van der Waals surface area (Å²) >= 11 is 6.17. The number of halogens is 1. The van der Waals surface area contributed by atoms with E-state index in [2.05, 4.69) is 15.6 Å². The molecule has 8 heteroatoms. The van der Waals surface area contributed by atoms with Crippen LogP contribution in [0.15, 0.2) is 65.5 Å². The molecule has 34 heavy (non-hydrogen) atoms. The Balaban J connectivity index is 1.83. The van der Waals surface area contributed by atoms with Crippen LogP contribution in [0.5, 0.6) is 0 Å². The van der Waals surface area contributed by atoms with Crippen molar-refractivity contribution in [1.82, 2.24) is 9.55 Å². The van der Waals surface area contributed by atoms with Crippen molar-refractivity contribution < 1.29 is 9.59 Å². The number of benzene rings is 3. The van der Waals surface area contributed by atoms with Gasteiger partial charge in [-0.15, -0.1) is 0 Å². The number of amides is 2. The van der Waals surface area contributed by atoms with Crippen LogP contribution in [-0.4, -0.2) is 21.4 Å². The lowest BCUT2D eigenvalue weighted by Crippen LogP contribution is -2.30. The first-order valence-corrected chi connectivity index (χ1v) is 11.1. The maximum absolute atomic E-state index is 13.6. The first kappa shape index (κ1) is 23.2. The third-order valence-corrected chi connectivity index (χ3v) is 5.85. The van der Waals surface area contributed by atoms with Crippen LogP contribution < -0.4 is 16.2 Å². The lowest BCUT2D eigenvalue weighted by molar-refractivity contribution is -0.117. The summed E-state index contributed by atoms with van der Waals surface area (Å²) in [4.78, 5) is 42.9. The zero-order chi connectivity index (χ0) is 24.4.